The smallest absolute Gasteiger partial charge is 0.238 e. The van der Waals surface area contributed by atoms with Gasteiger partial charge in [0, 0.05) is 29.6 Å². The number of nitrogens with zero attached hydrogens (tertiary/aromatic N) is 4. The van der Waals surface area contributed by atoms with Crippen molar-refractivity contribution in [3.63, 3.8) is 0 Å². The molecule has 0 saturated heterocycles. The van der Waals surface area contributed by atoms with E-state index in [-0.39, 0.29) is 17.8 Å². The van der Waals surface area contributed by atoms with Crippen LogP contribution in [0.25, 0.3) is 16.6 Å². The van der Waals surface area contributed by atoms with E-state index in [0.29, 0.717) is 18.2 Å². The number of halogens is 1. The molecule has 7 heteroatoms. The Morgan fingerprint density at radius 3 is 2.92 bits per heavy atom. The summed E-state index contributed by atoms with van der Waals surface area (Å²) in [6, 6.07) is 5.88. The Hall–Kier alpha value is -2.80. The minimum absolute atomic E-state index is 0.117. The van der Waals surface area contributed by atoms with E-state index >= 15 is 0 Å². The van der Waals surface area contributed by atoms with Crippen molar-refractivity contribution in [3.05, 3.63) is 42.0 Å². The van der Waals surface area contributed by atoms with Crippen LogP contribution in [0.3, 0.4) is 0 Å². The molecule has 0 spiro atoms. The van der Waals surface area contributed by atoms with E-state index in [0.717, 1.165) is 27.9 Å². The average molecular weight is 352 g/mol. The Kier molecular flexibility index (Phi) is 3.96. The summed E-state index contributed by atoms with van der Waals surface area (Å²) in [5.41, 5.74) is 10.3. The molecule has 2 aromatic heterocycles. The summed E-state index contributed by atoms with van der Waals surface area (Å²) in [5, 5.41) is 7.63. The number of rotatable bonds is 3. The Bertz CT molecular complexity index is 1020. The second-order valence-electron chi connectivity index (χ2n) is 6.97. The van der Waals surface area contributed by atoms with Crippen molar-refractivity contribution in [1.82, 2.24) is 19.9 Å². The lowest BCUT2D eigenvalue weighted by molar-refractivity contribution is 0.532. The van der Waals surface area contributed by atoms with Gasteiger partial charge in [0.15, 0.2) is 0 Å². The first-order valence-electron chi connectivity index (χ1n) is 8.66. The minimum atomic E-state index is -0.310. The van der Waals surface area contributed by atoms with Gasteiger partial charge in [-0.05, 0) is 42.7 Å². The maximum Gasteiger partial charge on any atom is 0.238 e. The molecule has 0 amide bonds. The van der Waals surface area contributed by atoms with Crippen LogP contribution < -0.4 is 11.1 Å². The molecule has 26 heavy (non-hydrogen) atoms. The van der Waals surface area contributed by atoms with Gasteiger partial charge in [0.2, 0.25) is 5.95 Å². The summed E-state index contributed by atoms with van der Waals surface area (Å²) in [6.45, 7) is 6.14. The van der Waals surface area contributed by atoms with Gasteiger partial charge in [0.1, 0.15) is 11.5 Å². The van der Waals surface area contributed by atoms with Crippen molar-refractivity contribution >= 4 is 22.9 Å². The predicted molar refractivity (Wildman–Crippen MR) is 101 cm³/mol. The molecule has 3 aromatic rings. The molecule has 1 aliphatic heterocycles. The fourth-order valence-corrected chi connectivity index (χ4v) is 3.45. The molecular formula is C19H21FN6. The Balaban J connectivity index is 1.80. The number of hydrogen-bond acceptors (Lipinski definition) is 5. The SMILES string of the molecule is CC1=Nc2c(F)cc(-c3ccn4nc(N)ncc34)cc2CC1NC(C)C. The fraction of sp³-hybridized carbons (Fsp3) is 0.316. The number of aliphatic imine (C=N–C) groups is 1. The Morgan fingerprint density at radius 1 is 1.35 bits per heavy atom. The largest absolute Gasteiger partial charge is 0.367 e. The standard InChI is InChI=1S/C19H21FN6/c1-10(2)23-16-8-13-6-12(7-15(20)18(13)24-11(16)3)14-4-5-26-17(14)9-22-19(21)25-26/h4-7,9-10,16,23H,8H2,1-3H3,(H2,21,25). The van der Waals surface area contributed by atoms with Crippen LogP contribution in [0.15, 0.2) is 35.6 Å². The van der Waals surface area contributed by atoms with Crippen molar-refractivity contribution in [2.75, 3.05) is 5.73 Å². The van der Waals surface area contributed by atoms with Crippen molar-refractivity contribution in [3.8, 4) is 11.1 Å². The van der Waals surface area contributed by atoms with Crippen molar-refractivity contribution in [1.29, 1.82) is 0 Å². The molecule has 1 unspecified atom stereocenters. The van der Waals surface area contributed by atoms with Crippen LogP contribution in [0, 0.1) is 5.82 Å². The van der Waals surface area contributed by atoms with E-state index in [1.807, 2.05) is 19.1 Å². The zero-order valence-corrected chi connectivity index (χ0v) is 15.0. The van der Waals surface area contributed by atoms with Crippen LogP contribution >= 0.6 is 0 Å². The van der Waals surface area contributed by atoms with Gasteiger partial charge in [0.05, 0.1) is 11.7 Å². The van der Waals surface area contributed by atoms with Gasteiger partial charge < -0.3 is 11.1 Å². The van der Waals surface area contributed by atoms with Gasteiger partial charge in [-0.25, -0.2) is 13.9 Å². The summed E-state index contributed by atoms with van der Waals surface area (Å²) >= 11 is 0. The van der Waals surface area contributed by atoms with Crippen LogP contribution in [0.1, 0.15) is 26.3 Å². The highest BCUT2D eigenvalue weighted by molar-refractivity contribution is 5.93. The predicted octanol–water partition coefficient (Wildman–Crippen LogP) is 3.13. The zero-order chi connectivity index (χ0) is 18.4. The Morgan fingerprint density at radius 2 is 2.15 bits per heavy atom. The Labute approximate surface area is 151 Å². The van der Waals surface area contributed by atoms with Crippen LogP contribution in [0.4, 0.5) is 16.0 Å². The average Bonchev–Trinajstić information content (AvgIpc) is 2.98. The molecule has 0 radical (unpaired) electrons. The molecule has 3 heterocycles. The summed E-state index contributed by atoms with van der Waals surface area (Å²) in [6.07, 6.45) is 4.16. The van der Waals surface area contributed by atoms with Gasteiger partial charge in [-0.3, -0.25) is 4.99 Å². The lowest BCUT2D eigenvalue weighted by Crippen LogP contribution is -2.42. The molecule has 1 aromatic carbocycles. The number of nitrogens with two attached hydrogens (primary N) is 1. The van der Waals surface area contributed by atoms with Crippen molar-refractivity contribution < 1.29 is 4.39 Å². The van der Waals surface area contributed by atoms with E-state index < -0.39 is 0 Å². The maximum absolute atomic E-state index is 14.8. The van der Waals surface area contributed by atoms with Crippen LogP contribution in [-0.2, 0) is 6.42 Å². The normalized spacial score (nSPS) is 16.8. The molecule has 0 fully saturated rings. The van der Waals surface area contributed by atoms with E-state index in [9.17, 15) is 4.39 Å². The molecule has 6 nitrogen and oxygen atoms in total. The molecule has 0 bridgehead atoms. The van der Waals surface area contributed by atoms with E-state index in [1.54, 1.807) is 16.9 Å². The molecule has 3 N–H and O–H groups in total. The highest BCUT2D eigenvalue weighted by Crippen LogP contribution is 2.35. The summed E-state index contributed by atoms with van der Waals surface area (Å²) < 4.78 is 16.4. The monoisotopic (exact) mass is 352 g/mol. The van der Waals surface area contributed by atoms with Crippen LogP contribution in [-0.4, -0.2) is 32.4 Å². The van der Waals surface area contributed by atoms with Crippen molar-refractivity contribution in [2.24, 2.45) is 4.99 Å². The van der Waals surface area contributed by atoms with Gasteiger partial charge in [-0.15, -0.1) is 5.10 Å². The number of hydrogen-bond donors (Lipinski definition) is 2. The molecule has 4 rings (SSSR count). The van der Waals surface area contributed by atoms with E-state index in [1.165, 1.54) is 6.07 Å². The summed E-state index contributed by atoms with van der Waals surface area (Å²) in [5.74, 6) is -0.112. The molecule has 0 aliphatic carbocycles. The number of aromatic nitrogens is 3. The van der Waals surface area contributed by atoms with Crippen LogP contribution in [0.2, 0.25) is 0 Å². The lowest BCUT2D eigenvalue weighted by atomic mass is 9.93. The molecule has 1 aliphatic rings. The molecule has 134 valence electrons. The maximum atomic E-state index is 14.8. The third kappa shape index (κ3) is 2.84. The first-order valence-corrected chi connectivity index (χ1v) is 8.66. The third-order valence-corrected chi connectivity index (χ3v) is 4.64. The number of fused-ring (bicyclic) bond motifs is 2. The number of nitrogens with one attached hydrogen (secondary N) is 1. The second kappa shape index (κ2) is 6.17. The molecule has 0 saturated carbocycles. The summed E-state index contributed by atoms with van der Waals surface area (Å²) in [7, 11) is 0. The zero-order valence-electron chi connectivity index (χ0n) is 15.0. The van der Waals surface area contributed by atoms with Crippen LogP contribution in [0.5, 0.6) is 0 Å². The van der Waals surface area contributed by atoms with Crippen molar-refractivity contribution in [2.45, 2.75) is 39.3 Å². The van der Waals surface area contributed by atoms with E-state index in [4.69, 9.17) is 5.73 Å². The first kappa shape index (κ1) is 16.7. The third-order valence-electron chi connectivity index (χ3n) is 4.64. The number of benzene rings is 1. The summed E-state index contributed by atoms with van der Waals surface area (Å²) in [4.78, 5) is 8.56. The minimum Gasteiger partial charge on any atom is -0.367 e. The second-order valence-corrected chi connectivity index (χ2v) is 6.97. The first-order chi connectivity index (χ1) is 12.4. The number of anilines is 1. The topological polar surface area (TPSA) is 80.6 Å². The molecule has 1 atom stereocenters. The highest BCUT2D eigenvalue weighted by atomic mass is 19.1. The molecular weight excluding hydrogens is 331 g/mol. The highest BCUT2D eigenvalue weighted by Gasteiger charge is 2.24. The van der Waals surface area contributed by atoms with Gasteiger partial charge in [-0.1, -0.05) is 13.8 Å². The van der Waals surface area contributed by atoms with Gasteiger partial charge in [0.25, 0.3) is 0 Å². The van der Waals surface area contributed by atoms with Gasteiger partial charge in [-0.2, -0.15) is 0 Å². The quantitative estimate of drug-likeness (QED) is 0.759. The van der Waals surface area contributed by atoms with E-state index in [2.05, 4.69) is 34.2 Å². The fourth-order valence-electron chi connectivity index (χ4n) is 3.45. The lowest BCUT2D eigenvalue weighted by Gasteiger charge is -2.26. The van der Waals surface area contributed by atoms with Gasteiger partial charge >= 0.3 is 0 Å². The number of nitrogen functional groups attached to an aromatic ring is 1.